The van der Waals surface area contributed by atoms with Crippen LogP contribution in [0.3, 0.4) is 0 Å². The Bertz CT molecular complexity index is 932. The van der Waals surface area contributed by atoms with Gasteiger partial charge in [0.2, 0.25) is 5.91 Å². The summed E-state index contributed by atoms with van der Waals surface area (Å²) in [4.78, 5) is 27.5. The summed E-state index contributed by atoms with van der Waals surface area (Å²) in [5.41, 5.74) is 0.669. The monoisotopic (exact) mass is 422 g/mol. The van der Waals surface area contributed by atoms with E-state index in [0.717, 1.165) is 31.2 Å². The van der Waals surface area contributed by atoms with Gasteiger partial charge in [0.25, 0.3) is 5.91 Å². The maximum atomic E-state index is 13.3. The highest BCUT2D eigenvalue weighted by Gasteiger charge is 2.50. The number of carbonyl (C=O) groups is 2. The van der Waals surface area contributed by atoms with E-state index in [9.17, 15) is 14.7 Å². The van der Waals surface area contributed by atoms with Crippen molar-refractivity contribution in [2.45, 2.75) is 43.7 Å². The number of nitrogens with one attached hydrogen (secondary N) is 1. The number of hydrogen-bond donors (Lipinski definition) is 2. The van der Waals surface area contributed by atoms with Gasteiger partial charge < -0.3 is 20.1 Å². The quantitative estimate of drug-likeness (QED) is 0.775. The standard InChI is InChI=1S/C25H30N2O4/c1-31-21-13-6-5-11-19(21)23-20-12-7-8-14-25(20,30)15-16-27(23)22(28)17-26-24(29)18-9-3-2-4-10-18/h2-6,9-11,13,20,23,30H,7-8,12,14-17H2,1H3,(H,26,29)/t20?,23?,25-/m0/s1. The molecule has 1 heterocycles. The summed E-state index contributed by atoms with van der Waals surface area (Å²) in [7, 11) is 1.63. The molecular weight excluding hydrogens is 392 g/mol. The number of nitrogens with zero attached hydrogens (tertiary/aromatic N) is 1. The fourth-order valence-electron chi connectivity index (χ4n) is 5.21. The molecule has 1 saturated heterocycles. The van der Waals surface area contributed by atoms with E-state index in [4.69, 9.17) is 4.74 Å². The molecule has 2 aliphatic rings. The molecule has 2 fully saturated rings. The van der Waals surface area contributed by atoms with E-state index < -0.39 is 5.60 Å². The Hall–Kier alpha value is -2.86. The van der Waals surface area contributed by atoms with Gasteiger partial charge in [-0.2, -0.15) is 0 Å². The summed E-state index contributed by atoms with van der Waals surface area (Å²) in [6.45, 7) is 0.375. The first kappa shape index (κ1) is 21.4. The topological polar surface area (TPSA) is 78.9 Å². The SMILES string of the molecule is COc1ccccc1C1C2CCCC[C@]2(O)CCN1C(=O)CNC(=O)c1ccccc1. The zero-order valence-electron chi connectivity index (χ0n) is 17.9. The van der Waals surface area contributed by atoms with Crippen molar-refractivity contribution in [3.05, 3.63) is 65.7 Å². The number of hydrogen-bond acceptors (Lipinski definition) is 4. The average molecular weight is 423 g/mol. The number of methoxy groups -OCH3 is 1. The number of para-hydroxylation sites is 1. The Morgan fingerprint density at radius 1 is 1.10 bits per heavy atom. The predicted octanol–water partition coefficient (Wildman–Crippen LogP) is 3.32. The molecule has 2 amide bonds. The third-order valence-electron chi connectivity index (χ3n) is 6.78. The maximum absolute atomic E-state index is 13.3. The lowest BCUT2D eigenvalue weighted by Gasteiger charge is -2.52. The summed E-state index contributed by atoms with van der Waals surface area (Å²) in [6, 6.07) is 16.3. The number of likely N-dealkylation sites (tertiary alicyclic amines) is 1. The fraction of sp³-hybridized carbons (Fsp3) is 0.440. The first-order valence-electron chi connectivity index (χ1n) is 11.0. The number of carbonyl (C=O) groups excluding carboxylic acids is 2. The molecule has 2 N–H and O–H groups in total. The Labute approximate surface area is 183 Å². The lowest BCUT2D eigenvalue weighted by molar-refractivity contribution is -0.154. The van der Waals surface area contributed by atoms with Crippen molar-refractivity contribution in [3.63, 3.8) is 0 Å². The number of rotatable bonds is 5. The average Bonchev–Trinajstić information content (AvgIpc) is 2.81. The van der Waals surface area contributed by atoms with Crippen molar-refractivity contribution in [3.8, 4) is 5.75 Å². The Morgan fingerprint density at radius 3 is 2.61 bits per heavy atom. The van der Waals surface area contributed by atoms with Crippen LogP contribution in [-0.2, 0) is 4.79 Å². The van der Waals surface area contributed by atoms with Crippen LogP contribution in [0.25, 0.3) is 0 Å². The first-order valence-corrected chi connectivity index (χ1v) is 11.0. The highest BCUT2D eigenvalue weighted by Crippen LogP contribution is 2.50. The Kier molecular flexibility index (Phi) is 6.28. The van der Waals surface area contributed by atoms with Crippen LogP contribution in [0, 0.1) is 5.92 Å². The van der Waals surface area contributed by atoms with Crippen LogP contribution in [0.5, 0.6) is 5.75 Å². The van der Waals surface area contributed by atoms with E-state index in [-0.39, 0.29) is 30.3 Å². The van der Waals surface area contributed by atoms with Crippen molar-refractivity contribution in [2.24, 2.45) is 5.92 Å². The van der Waals surface area contributed by atoms with Crippen molar-refractivity contribution >= 4 is 11.8 Å². The lowest BCUT2D eigenvalue weighted by atomic mass is 9.66. The third kappa shape index (κ3) is 4.30. The number of ether oxygens (including phenoxy) is 1. The molecule has 0 radical (unpaired) electrons. The van der Waals surface area contributed by atoms with Gasteiger partial charge in [0.05, 0.1) is 25.3 Å². The molecule has 1 saturated carbocycles. The van der Waals surface area contributed by atoms with Gasteiger partial charge >= 0.3 is 0 Å². The second-order valence-corrected chi connectivity index (χ2v) is 8.53. The molecule has 0 spiro atoms. The van der Waals surface area contributed by atoms with E-state index in [0.29, 0.717) is 24.3 Å². The summed E-state index contributed by atoms with van der Waals surface area (Å²) >= 11 is 0. The van der Waals surface area contributed by atoms with E-state index >= 15 is 0 Å². The zero-order valence-corrected chi connectivity index (χ0v) is 17.9. The molecule has 1 aliphatic heterocycles. The highest BCUT2D eigenvalue weighted by atomic mass is 16.5. The van der Waals surface area contributed by atoms with Crippen molar-refractivity contribution < 1.29 is 19.4 Å². The lowest BCUT2D eigenvalue weighted by Crippen LogP contribution is -2.57. The third-order valence-corrected chi connectivity index (χ3v) is 6.78. The molecule has 164 valence electrons. The predicted molar refractivity (Wildman–Crippen MR) is 118 cm³/mol. The van der Waals surface area contributed by atoms with E-state index in [1.165, 1.54) is 0 Å². The molecule has 1 aliphatic carbocycles. The van der Waals surface area contributed by atoms with Gasteiger partial charge in [-0.3, -0.25) is 9.59 Å². The molecule has 2 unspecified atom stereocenters. The van der Waals surface area contributed by atoms with Crippen LogP contribution in [0.1, 0.15) is 54.1 Å². The minimum absolute atomic E-state index is 0.0555. The van der Waals surface area contributed by atoms with E-state index in [1.807, 2.05) is 35.2 Å². The van der Waals surface area contributed by atoms with Gasteiger partial charge in [0, 0.05) is 23.6 Å². The van der Waals surface area contributed by atoms with Crippen LogP contribution in [0.15, 0.2) is 54.6 Å². The molecule has 6 heteroatoms. The van der Waals surface area contributed by atoms with E-state index in [2.05, 4.69) is 5.32 Å². The normalized spacial score (nSPS) is 25.4. The molecule has 0 aromatic heterocycles. The first-order chi connectivity index (χ1) is 15.0. The molecule has 3 atom stereocenters. The van der Waals surface area contributed by atoms with Crippen LogP contribution in [0.4, 0.5) is 0 Å². The van der Waals surface area contributed by atoms with Crippen LogP contribution < -0.4 is 10.1 Å². The Balaban J connectivity index is 1.59. The van der Waals surface area contributed by atoms with Crippen molar-refractivity contribution in [1.29, 1.82) is 0 Å². The smallest absolute Gasteiger partial charge is 0.251 e. The van der Waals surface area contributed by atoms with Gasteiger partial charge in [-0.1, -0.05) is 49.2 Å². The minimum atomic E-state index is -0.770. The number of aliphatic hydroxyl groups is 1. The molecule has 2 aromatic rings. The molecule has 31 heavy (non-hydrogen) atoms. The molecule has 0 bridgehead atoms. The second kappa shape index (κ2) is 9.10. The number of amides is 2. The summed E-state index contributed by atoms with van der Waals surface area (Å²) in [6.07, 6.45) is 4.22. The maximum Gasteiger partial charge on any atom is 0.251 e. The van der Waals surface area contributed by atoms with E-state index in [1.54, 1.807) is 31.4 Å². The summed E-state index contributed by atoms with van der Waals surface area (Å²) < 4.78 is 5.61. The number of benzene rings is 2. The molecular formula is C25H30N2O4. The van der Waals surface area contributed by atoms with Crippen LogP contribution in [-0.4, -0.2) is 47.6 Å². The van der Waals surface area contributed by atoms with Crippen LogP contribution >= 0.6 is 0 Å². The largest absolute Gasteiger partial charge is 0.496 e. The molecule has 6 nitrogen and oxygen atoms in total. The van der Waals surface area contributed by atoms with Crippen molar-refractivity contribution in [1.82, 2.24) is 10.2 Å². The minimum Gasteiger partial charge on any atom is -0.496 e. The second-order valence-electron chi connectivity index (χ2n) is 8.53. The summed E-state index contributed by atoms with van der Waals surface area (Å²) in [5.74, 6) is 0.246. The van der Waals surface area contributed by atoms with Crippen LogP contribution in [0.2, 0.25) is 0 Å². The zero-order chi connectivity index (χ0) is 21.8. The van der Waals surface area contributed by atoms with Gasteiger partial charge in [0.1, 0.15) is 5.75 Å². The van der Waals surface area contributed by atoms with Crippen molar-refractivity contribution in [2.75, 3.05) is 20.2 Å². The van der Waals surface area contributed by atoms with Gasteiger partial charge in [-0.25, -0.2) is 0 Å². The van der Waals surface area contributed by atoms with Gasteiger partial charge in [-0.15, -0.1) is 0 Å². The number of piperidine rings is 1. The molecule has 2 aromatic carbocycles. The summed E-state index contributed by atoms with van der Waals surface area (Å²) in [5, 5.41) is 14.2. The highest BCUT2D eigenvalue weighted by molar-refractivity contribution is 5.96. The Morgan fingerprint density at radius 2 is 1.84 bits per heavy atom. The number of fused-ring (bicyclic) bond motifs is 1. The molecule has 4 rings (SSSR count). The van der Waals surface area contributed by atoms with Gasteiger partial charge in [0.15, 0.2) is 0 Å². The van der Waals surface area contributed by atoms with Gasteiger partial charge in [-0.05, 0) is 37.5 Å². The fourth-order valence-corrected chi connectivity index (χ4v) is 5.21.